The number of rotatable bonds is 14. The summed E-state index contributed by atoms with van der Waals surface area (Å²) in [6.07, 6.45) is 17.3. The van der Waals surface area contributed by atoms with E-state index in [1.807, 2.05) is 0 Å². The zero-order valence-corrected chi connectivity index (χ0v) is 16.1. The Kier molecular flexibility index (Phi) is 13.3. The largest absolute Gasteiger partial charge is 0.345 e. The number of nitrogens with zero attached hydrogens (tertiary/aromatic N) is 1. The van der Waals surface area contributed by atoms with Gasteiger partial charge in [-0.15, -0.1) is 0 Å². The molecule has 5 heteroatoms. The fourth-order valence-corrected chi connectivity index (χ4v) is 3.10. The second-order valence-corrected chi connectivity index (χ2v) is 7.12. The lowest BCUT2D eigenvalue weighted by atomic mass is 10.1. The van der Waals surface area contributed by atoms with E-state index >= 15 is 0 Å². The predicted octanol–water partition coefficient (Wildman–Crippen LogP) is 5.48. The summed E-state index contributed by atoms with van der Waals surface area (Å²) in [5.41, 5.74) is 0. The van der Waals surface area contributed by atoms with Crippen molar-refractivity contribution in [3.05, 3.63) is 0 Å². The van der Waals surface area contributed by atoms with Crippen LogP contribution in [0, 0.1) is 0 Å². The third-order valence-electron chi connectivity index (χ3n) is 4.73. The summed E-state index contributed by atoms with van der Waals surface area (Å²) in [6.45, 7) is 2.75. The summed E-state index contributed by atoms with van der Waals surface area (Å²) in [5, 5.41) is 1.19. The first-order valence-corrected chi connectivity index (χ1v) is 10.4. The van der Waals surface area contributed by atoms with Crippen LogP contribution in [-0.4, -0.2) is 23.5 Å². The highest BCUT2D eigenvalue weighted by molar-refractivity contribution is 5.75. The van der Waals surface area contributed by atoms with Gasteiger partial charge in [0.25, 0.3) is 0 Å². The Morgan fingerprint density at radius 2 is 1.48 bits per heavy atom. The quantitative estimate of drug-likeness (QED) is 0.235. The Bertz CT molecular complexity index is 360. The van der Waals surface area contributed by atoms with E-state index in [0.29, 0.717) is 19.4 Å². The molecule has 0 aromatic heterocycles. The highest BCUT2D eigenvalue weighted by Crippen LogP contribution is 2.13. The average molecular weight is 356 g/mol. The van der Waals surface area contributed by atoms with Crippen LogP contribution >= 0.6 is 0 Å². The van der Waals surface area contributed by atoms with Crippen LogP contribution in [0.15, 0.2) is 0 Å². The van der Waals surface area contributed by atoms with E-state index in [4.69, 9.17) is 9.88 Å². The van der Waals surface area contributed by atoms with E-state index in [2.05, 4.69) is 6.92 Å². The van der Waals surface area contributed by atoms with Gasteiger partial charge in [-0.25, -0.2) is 4.79 Å². The summed E-state index contributed by atoms with van der Waals surface area (Å²) in [5.74, 6) is -0.479. The molecule has 0 unspecified atom stereocenters. The molecule has 1 amide bonds. The van der Waals surface area contributed by atoms with Crippen LogP contribution in [0.25, 0.3) is 0 Å². The maximum atomic E-state index is 11.7. The van der Waals surface area contributed by atoms with Crippen molar-refractivity contribution in [3.63, 3.8) is 0 Å². The lowest BCUT2D eigenvalue weighted by molar-refractivity contribution is -0.381. The Labute approximate surface area is 153 Å². The van der Waals surface area contributed by atoms with Gasteiger partial charge in [-0.05, 0) is 19.3 Å². The summed E-state index contributed by atoms with van der Waals surface area (Å²) < 4.78 is 0. The van der Waals surface area contributed by atoms with Gasteiger partial charge in [0.15, 0.2) is 0 Å². The highest BCUT2D eigenvalue weighted by Gasteiger charge is 2.19. The first-order valence-electron chi connectivity index (χ1n) is 10.4. The molecule has 146 valence electrons. The normalized spacial score (nSPS) is 15.2. The molecule has 0 spiro atoms. The van der Waals surface area contributed by atoms with E-state index in [1.165, 1.54) is 62.9 Å². The minimum atomic E-state index is -0.382. The van der Waals surface area contributed by atoms with Crippen molar-refractivity contribution in [2.45, 2.75) is 110 Å². The number of carbonyl (C=O) groups is 2. The number of hydrogen-bond acceptors (Lipinski definition) is 4. The molecule has 1 aliphatic rings. The molecule has 0 N–H and O–H groups in total. The van der Waals surface area contributed by atoms with Gasteiger partial charge in [-0.2, -0.15) is 5.06 Å². The molecule has 1 heterocycles. The van der Waals surface area contributed by atoms with Gasteiger partial charge in [-0.1, -0.05) is 82.5 Å². The lowest BCUT2D eigenvalue weighted by Crippen LogP contribution is -2.31. The van der Waals surface area contributed by atoms with E-state index in [9.17, 15) is 9.59 Å². The maximum absolute atomic E-state index is 11.7. The molecule has 1 saturated heterocycles. The van der Waals surface area contributed by atoms with Crippen LogP contribution in [0.4, 0.5) is 0 Å². The van der Waals surface area contributed by atoms with Crippen molar-refractivity contribution in [2.24, 2.45) is 0 Å². The second-order valence-electron chi connectivity index (χ2n) is 7.12. The van der Waals surface area contributed by atoms with E-state index in [0.717, 1.165) is 32.1 Å². The molecule has 25 heavy (non-hydrogen) atoms. The van der Waals surface area contributed by atoms with Gasteiger partial charge in [0.05, 0.1) is 6.54 Å². The topological polar surface area (TPSA) is 55.8 Å². The summed E-state index contributed by atoms with van der Waals surface area (Å²) >= 11 is 0. The predicted molar refractivity (Wildman–Crippen MR) is 98.4 cm³/mol. The summed E-state index contributed by atoms with van der Waals surface area (Å²) in [6, 6.07) is 0. The number of hydrogen-bond donors (Lipinski definition) is 0. The molecule has 1 fully saturated rings. The van der Waals surface area contributed by atoms with Crippen molar-refractivity contribution < 1.29 is 19.5 Å². The molecule has 0 aliphatic carbocycles. The fraction of sp³-hybridized carbons (Fsp3) is 0.900. The van der Waals surface area contributed by atoms with E-state index in [-0.39, 0.29) is 11.9 Å². The van der Waals surface area contributed by atoms with Crippen molar-refractivity contribution in [3.8, 4) is 0 Å². The number of unbranched alkanes of at least 4 members (excludes halogenated alkanes) is 10. The molecule has 0 saturated carbocycles. The van der Waals surface area contributed by atoms with Crippen LogP contribution < -0.4 is 0 Å². The van der Waals surface area contributed by atoms with Gasteiger partial charge in [0.1, 0.15) is 0 Å². The third kappa shape index (κ3) is 12.0. The average Bonchev–Trinajstić information content (AvgIpc) is 2.82. The van der Waals surface area contributed by atoms with Gasteiger partial charge >= 0.3 is 5.97 Å². The minimum Gasteiger partial charge on any atom is -0.275 e. The van der Waals surface area contributed by atoms with Crippen LogP contribution in [-0.2, 0) is 19.5 Å². The molecule has 1 rings (SSSR count). The first kappa shape index (κ1) is 21.9. The van der Waals surface area contributed by atoms with Gasteiger partial charge in [0, 0.05) is 12.8 Å². The molecule has 0 bridgehead atoms. The summed E-state index contributed by atoms with van der Waals surface area (Å²) in [4.78, 5) is 33.0. The van der Waals surface area contributed by atoms with Crippen LogP contribution in [0.1, 0.15) is 110 Å². The van der Waals surface area contributed by atoms with Crippen molar-refractivity contribution in [2.75, 3.05) is 6.54 Å². The SMILES string of the molecule is CCCCCCCCCCCCCC(=O)OON1CCCCCC1=O. The molecular weight excluding hydrogens is 318 g/mol. The Balaban J connectivity index is 1.89. The van der Waals surface area contributed by atoms with Crippen LogP contribution in [0.5, 0.6) is 0 Å². The van der Waals surface area contributed by atoms with E-state index < -0.39 is 0 Å². The van der Waals surface area contributed by atoms with Crippen molar-refractivity contribution in [1.82, 2.24) is 5.06 Å². The summed E-state index contributed by atoms with van der Waals surface area (Å²) in [7, 11) is 0. The maximum Gasteiger partial charge on any atom is 0.345 e. The van der Waals surface area contributed by atoms with Crippen molar-refractivity contribution in [1.29, 1.82) is 0 Å². The van der Waals surface area contributed by atoms with Crippen LogP contribution in [0.2, 0.25) is 0 Å². The Morgan fingerprint density at radius 1 is 0.880 bits per heavy atom. The van der Waals surface area contributed by atoms with Gasteiger partial charge in [0.2, 0.25) is 5.91 Å². The third-order valence-corrected chi connectivity index (χ3v) is 4.73. The highest BCUT2D eigenvalue weighted by atomic mass is 17.3. The molecule has 0 aromatic rings. The second kappa shape index (κ2) is 15.2. The van der Waals surface area contributed by atoms with Crippen molar-refractivity contribution >= 4 is 11.9 Å². The minimum absolute atomic E-state index is 0.0972. The molecule has 0 aromatic carbocycles. The number of hydroxylamine groups is 2. The zero-order chi connectivity index (χ0) is 18.2. The van der Waals surface area contributed by atoms with Gasteiger partial charge < -0.3 is 0 Å². The first-order chi connectivity index (χ1) is 12.2. The Morgan fingerprint density at radius 3 is 2.12 bits per heavy atom. The molecule has 0 radical (unpaired) electrons. The standard InChI is InChI=1S/C20H37NO4/c1-2-3-4-5-6-7-8-9-10-11-14-17-20(23)24-25-21-18-15-12-13-16-19(21)22/h2-18H2,1H3. The lowest BCUT2D eigenvalue weighted by Gasteiger charge is -2.16. The van der Waals surface area contributed by atoms with E-state index in [1.54, 1.807) is 0 Å². The molecule has 1 aliphatic heterocycles. The number of amides is 1. The monoisotopic (exact) mass is 355 g/mol. The fourth-order valence-electron chi connectivity index (χ4n) is 3.10. The Hall–Kier alpha value is -1.10. The van der Waals surface area contributed by atoms with Crippen LogP contribution in [0.3, 0.4) is 0 Å². The molecular formula is C20H37NO4. The molecule has 0 atom stereocenters. The smallest absolute Gasteiger partial charge is 0.275 e. The number of carbonyl (C=O) groups excluding carboxylic acids is 2. The molecule has 5 nitrogen and oxygen atoms in total. The zero-order valence-electron chi connectivity index (χ0n) is 16.1. The van der Waals surface area contributed by atoms with Gasteiger partial charge in [-0.3, -0.25) is 9.68 Å².